The number of esters is 1. The summed E-state index contributed by atoms with van der Waals surface area (Å²) in [6.45, 7) is 3.87. The molecule has 0 bridgehead atoms. The van der Waals surface area contributed by atoms with Gasteiger partial charge >= 0.3 is 16.4 Å². The minimum atomic E-state index is -5.06. The van der Waals surface area contributed by atoms with Gasteiger partial charge in [0.1, 0.15) is 30.5 Å². The fourth-order valence-electron chi connectivity index (χ4n) is 6.31. The molecule has 0 spiro atoms. The van der Waals surface area contributed by atoms with Gasteiger partial charge in [0.05, 0.1) is 19.8 Å². The summed E-state index contributed by atoms with van der Waals surface area (Å²) in [4.78, 5) is 12.8. The highest BCUT2D eigenvalue weighted by Gasteiger charge is 2.48. The number of unbranched alkanes of at least 4 members (excludes halogenated alkanes) is 16. The van der Waals surface area contributed by atoms with Crippen molar-refractivity contribution in [2.24, 2.45) is 0 Å². The molecule has 0 aromatic carbocycles. The van der Waals surface area contributed by atoms with Crippen LogP contribution in [-0.4, -0.2) is 97.5 Å². The number of ether oxygens (including phenoxy) is 4. The Hall–Kier alpha value is -1.94. The van der Waals surface area contributed by atoms with Crippen molar-refractivity contribution in [1.29, 1.82) is 0 Å². The first-order valence-corrected chi connectivity index (χ1v) is 23.3. The topological polar surface area (TPSA) is 178 Å². The number of hydrogen-bond acceptors (Lipinski definition) is 11. The summed E-state index contributed by atoms with van der Waals surface area (Å²) < 4.78 is 59.0. The molecule has 0 aromatic rings. The van der Waals surface area contributed by atoms with E-state index in [2.05, 4.69) is 66.6 Å². The lowest BCUT2D eigenvalue weighted by Crippen LogP contribution is -2.60. The average molecular weight is 831 g/mol. The van der Waals surface area contributed by atoms with E-state index in [1.54, 1.807) is 0 Å². The van der Waals surface area contributed by atoms with Gasteiger partial charge in [0.15, 0.2) is 6.29 Å². The fraction of sp³-hybridized carbons (Fsp3) is 0.795. The van der Waals surface area contributed by atoms with Gasteiger partial charge in [-0.25, -0.2) is 4.18 Å². The molecule has 0 radical (unpaired) electrons. The van der Waals surface area contributed by atoms with Crippen LogP contribution in [0.3, 0.4) is 0 Å². The highest BCUT2D eigenvalue weighted by Crippen LogP contribution is 2.26. The molecule has 13 heteroatoms. The Kier molecular flexibility index (Phi) is 33.5. The van der Waals surface area contributed by atoms with Crippen LogP contribution in [0.5, 0.6) is 0 Å². The van der Waals surface area contributed by atoms with Crippen molar-refractivity contribution < 1.29 is 56.2 Å². The molecule has 57 heavy (non-hydrogen) atoms. The second-order valence-electron chi connectivity index (χ2n) is 14.9. The van der Waals surface area contributed by atoms with E-state index < -0.39 is 59.8 Å². The first kappa shape index (κ1) is 53.1. The van der Waals surface area contributed by atoms with E-state index >= 15 is 0 Å². The molecule has 1 saturated heterocycles. The van der Waals surface area contributed by atoms with Crippen LogP contribution in [0.15, 0.2) is 48.6 Å². The van der Waals surface area contributed by atoms with Crippen LogP contribution >= 0.6 is 0 Å². The van der Waals surface area contributed by atoms with Gasteiger partial charge in [0, 0.05) is 13.0 Å². The quantitative estimate of drug-likeness (QED) is 0.0203. The van der Waals surface area contributed by atoms with Crippen molar-refractivity contribution in [1.82, 2.24) is 0 Å². The van der Waals surface area contributed by atoms with Gasteiger partial charge in [-0.05, 0) is 70.6 Å². The summed E-state index contributed by atoms with van der Waals surface area (Å²) in [7, 11) is -5.06. The zero-order valence-corrected chi connectivity index (χ0v) is 36.0. The summed E-state index contributed by atoms with van der Waals surface area (Å²) in [6.07, 6.45) is 32.8. The fourth-order valence-corrected chi connectivity index (χ4v) is 6.81. The zero-order chi connectivity index (χ0) is 41.8. The number of carbonyl (C=O) groups excluding carboxylic acids is 1. The van der Waals surface area contributed by atoms with Crippen molar-refractivity contribution in [3.8, 4) is 0 Å². The van der Waals surface area contributed by atoms with Crippen LogP contribution < -0.4 is 0 Å². The Morgan fingerprint density at radius 1 is 0.667 bits per heavy atom. The lowest BCUT2D eigenvalue weighted by atomic mass is 9.99. The molecule has 4 N–H and O–H groups in total. The molecule has 0 saturated carbocycles. The molecular formula is C44H78O12S. The van der Waals surface area contributed by atoms with Crippen LogP contribution in [0.1, 0.15) is 162 Å². The Bertz CT molecular complexity index is 1190. The minimum Gasteiger partial charge on any atom is -0.457 e. The summed E-state index contributed by atoms with van der Waals surface area (Å²) >= 11 is 0. The van der Waals surface area contributed by atoms with E-state index in [1.165, 1.54) is 44.9 Å². The number of aliphatic hydroxyl groups is 3. The molecule has 12 nitrogen and oxygen atoms in total. The summed E-state index contributed by atoms with van der Waals surface area (Å²) in [5.41, 5.74) is 0. The number of hydrogen-bond donors (Lipinski definition) is 4. The standard InChI is InChI=1S/C44H78O12S/c1-3-5-7-9-11-13-15-17-19-21-23-25-27-29-31-33-40(46)54-38(37-53-44-42(48)43(56-57(49,50)51)41(47)39(35-45)55-44)36-52-34-32-30-28-26-24-22-20-18-16-14-12-10-8-6-4-2/h10-13,16-19,38-39,41-45,47-48H,3-9,14-15,20-37H2,1-2H3,(H,49,50,51)/b12-10-,13-11-,18-16-,19-17-. The lowest BCUT2D eigenvalue weighted by molar-refractivity contribution is -0.301. The van der Waals surface area contributed by atoms with E-state index in [0.717, 1.165) is 89.9 Å². The van der Waals surface area contributed by atoms with Crippen LogP contribution in [-0.2, 0) is 38.3 Å². The highest BCUT2D eigenvalue weighted by molar-refractivity contribution is 7.80. The van der Waals surface area contributed by atoms with Crippen LogP contribution in [0.4, 0.5) is 0 Å². The first-order chi connectivity index (χ1) is 27.6. The molecule has 1 aliphatic rings. The third-order valence-corrected chi connectivity index (χ3v) is 10.1. The maximum absolute atomic E-state index is 12.8. The molecule has 1 aliphatic heterocycles. The Morgan fingerprint density at radius 3 is 1.72 bits per heavy atom. The van der Waals surface area contributed by atoms with Gasteiger partial charge in [0.25, 0.3) is 0 Å². The highest BCUT2D eigenvalue weighted by atomic mass is 32.3. The van der Waals surface area contributed by atoms with Gasteiger partial charge in [0.2, 0.25) is 0 Å². The molecular weight excluding hydrogens is 753 g/mol. The van der Waals surface area contributed by atoms with Crippen molar-refractivity contribution >= 4 is 16.4 Å². The summed E-state index contributed by atoms with van der Waals surface area (Å²) in [6, 6.07) is 0. The van der Waals surface area contributed by atoms with Crippen molar-refractivity contribution in [2.75, 3.05) is 26.4 Å². The second kappa shape index (κ2) is 36.0. The normalized spacial score (nSPS) is 21.1. The predicted molar refractivity (Wildman–Crippen MR) is 225 cm³/mol. The third-order valence-electron chi connectivity index (χ3n) is 9.67. The van der Waals surface area contributed by atoms with Gasteiger partial charge in [-0.15, -0.1) is 0 Å². The van der Waals surface area contributed by atoms with Gasteiger partial charge in [-0.2, -0.15) is 8.42 Å². The van der Waals surface area contributed by atoms with Gasteiger partial charge in [-0.3, -0.25) is 9.35 Å². The molecule has 0 amide bonds. The monoisotopic (exact) mass is 831 g/mol. The third kappa shape index (κ3) is 29.8. The van der Waals surface area contributed by atoms with E-state index in [9.17, 15) is 28.5 Å². The Labute approximate surface area is 345 Å². The van der Waals surface area contributed by atoms with Crippen molar-refractivity contribution in [2.45, 2.75) is 198 Å². The molecule has 0 aliphatic carbocycles. The van der Waals surface area contributed by atoms with Crippen molar-refractivity contribution in [3.63, 3.8) is 0 Å². The maximum Gasteiger partial charge on any atom is 0.397 e. The van der Waals surface area contributed by atoms with E-state index in [-0.39, 0.29) is 19.6 Å². The van der Waals surface area contributed by atoms with E-state index in [0.29, 0.717) is 13.0 Å². The lowest BCUT2D eigenvalue weighted by Gasteiger charge is -2.41. The van der Waals surface area contributed by atoms with Crippen LogP contribution in [0.25, 0.3) is 0 Å². The zero-order valence-electron chi connectivity index (χ0n) is 35.1. The molecule has 0 aromatic heterocycles. The van der Waals surface area contributed by atoms with Crippen LogP contribution in [0, 0.1) is 0 Å². The predicted octanol–water partition coefficient (Wildman–Crippen LogP) is 8.80. The van der Waals surface area contributed by atoms with E-state index in [4.69, 9.17) is 23.5 Å². The van der Waals surface area contributed by atoms with E-state index in [1.807, 2.05) is 0 Å². The summed E-state index contributed by atoms with van der Waals surface area (Å²) in [5.74, 6) is -0.419. The molecule has 6 atom stereocenters. The van der Waals surface area contributed by atoms with Gasteiger partial charge < -0.3 is 34.3 Å². The second-order valence-corrected chi connectivity index (χ2v) is 16.0. The number of carbonyl (C=O) groups is 1. The van der Waals surface area contributed by atoms with Crippen molar-refractivity contribution in [3.05, 3.63) is 48.6 Å². The average Bonchev–Trinajstić information content (AvgIpc) is 3.18. The van der Waals surface area contributed by atoms with Crippen LogP contribution in [0.2, 0.25) is 0 Å². The number of rotatable bonds is 37. The maximum atomic E-state index is 12.8. The molecule has 1 rings (SSSR count). The molecule has 1 fully saturated rings. The Morgan fingerprint density at radius 2 is 1.18 bits per heavy atom. The molecule has 332 valence electrons. The minimum absolute atomic E-state index is 0.0217. The first-order valence-electron chi connectivity index (χ1n) is 21.9. The molecule has 1 heterocycles. The van der Waals surface area contributed by atoms with Gasteiger partial charge in [-0.1, -0.05) is 133 Å². The smallest absolute Gasteiger partial charge is 0.397 e. The molecule has 6 unspecified atom stereocenters. The number of aliphatic hydroxyl groups excluding tert-OH is 3. The number of allylic oxidation sites excluding steroid dienone is 8. The SMILES string of the molecule is CCCC/C=C\C/C=C\CCCCCCCCOCC(COC1OC(CO)C(O)C(OS(=O)(=O)O)C1O)OC(=O)CCCCCCC/C=C\C/C=C\CCCCC. The summed E-state index contributed by atoms with van der Waals surface area (Å²) in [5, 5.41) is 30.6. The largest absolute Gasteiger partial charge is 0.457 e. The Balaban J connectivity index is 2.47.